The van der Waals surface area contributed by atoms with E-state index in [-0.39, 0.29) is 17.3 Å². The largest absolute Gasteiger partial charge is 0.493 e. The first-order valence-electron chi connectivity index (χ1n) is 6.07. The number of rotatable bonds is 2. The van der Waals surface area contributed by atoms with Crippen molar-refractivity contribution in [1.29, 1.82) is 0 Å². The molecule has 0 spiro atoms. The van der Waals surface area contributed by atoms with Crippen LogP contribution in [0.5, 0.6) is 5.88 Å². The molecule has 3 rings (SSSR count). The van der Waals surface area contributed by atoms with Crippen LogP contribution in [0.4, 0.5) is 11.4 Å². The molecule has 4 N–H and O–H groups in total. The van der Waals surface area contributed by atoms with Gasteiger partial charge in [0.1, 0.15) is 5.69 Å². The van der Waals surface area contributed by atoms with E-state index in [0.29, 0.717) is 17.3 Å². The number of aromatic nitrogens is 1. The molecule has 0 radical (unpaired) electrons. The van der Waals surface area contributed by atoms with Gasteiger partial charge in [-0.2, -0.15) is 0 Å². The third-order valence-electron chi connectivity index (χ3n) is 3.69. The molecule has 0 amide bonds. The lowest BCUT2D eigenvalue weighted by Gasteiger charge is -2.16. The molecule has 0 saturated carbocycles. The van der Waals surface area contributed by atoms with Gasteiger partial charge in [-0.3, -0.25) is 20.8 Å². The Morgan fingerprint density at radius 3 is 2.63 bits per heavy atom. The number of H-pyrrole nitrogens is 1. The minimum absolute atomic E-state index is 0.0534. The van der Waals surface area contributed by atoms with Crippen LogP contribution in [0.2, 0.25) is 0 Å². The summed E-state index contributed by atoms with van der Waals surface area (Å²) in [6.07, 6.45) is 3.30. The van der Waals surface area contributed by atoms with Gasteiger partial charge in [0.2, 0.25) is 5.88 Å². The van der Waals surface area contributed by atoms with Crippen molar-refractivity contribution < 1.29 is 15.2 Å². The summed E-state index contributed by atoms with van der Waals surface area (Å²) >= 11 is 0. The van der Waals surface area contributed by atoms with Crippen LogP contribution < -0.4 is 5.48 Å². The van der Waals surface area contributed by atoms with Crippen LogP contribution in [0.25, 0.3) is 10.9 Å². The Hall–Kier alpha value is -2.28. The van der Waals surface area contributed by atoms with Crippen molar-refractivity contribution in [3.05, 3.63) is 27.3 Å². The Kier molecular flexibility index (Phi) is 2.56. The quantitative estimate of drug-likeness (QED) is 0.491. The van der Waals surface area contributed by atoms with Gasteiger partial charge in [0.05, 0.1) is 10.4 Å². The van der Waals surface area contributed by atoms with Crippen LogP contribution in [-0.4, -0.2) is 20.2 Å². The lowest BCUT2D eigenvalue weighted by Crippen LogP contribution is -2.07. The first-order chi connectivity index (χ1) is 9.13. The Labute approximate surface area is 108 Å². The summed E-state index contributed by atoms with van der Waals surface area (Å²) in [6, 6.07) is 1.40. The van der Waals surface area contributed by atoms with Gasteiger partial charge in [0.15, 0.2) is 0 Å². The van der Waals surface area contributed by atoms with Gasteiger partial charge in [-0.25, -0.2) is 0 Å². The number of aryl methyl sites for hydroxylation is 1. The minimum atomic E-state index is -0.408. The van der Waals surface area contributed by atoms with Crippen molar-refractivity contribution in [3.63, 3.8) is 0 Å². The zero-order valence-electron chi connectivity index (χ0n) is 10.1. The number of aromatic hydroxyl groups is 1. The number of nitrogens with zero attached hydrogens (tertiary/aromatic N) is 1. The van der Waals surface area contributed by atoms with Crippen LogP contribution in [0.3, 0.4) is 0 Å². The molecule has 0 aliphatic heterocycles. The SMILES string of the molecule is O=[N+]([O-])c1cc2c(NO)c(O)[nH]c2c2c1CCCC2. The van der Waals surface area contributed by atoms with E-state index in [1.807, 2.05) is 5.48 Å². The molecule has 1 aliphatic rings. The third kappa shape index (κ3) is 1.62. The second kappa shape index (κ2) is 4.13. The predicted molar refractivity (Wildman–Crippen MR) is 68.7 cm³/mol. The molecule has 100 valence electrons. The predicted octanol–water partition coefficient (Wildman–Crippen LogP) is 2.46. The average Bonchev–Trinajstić information content (AvgIpc) is 2.73. The highest BCUT2D eigenvalue weighted by Crippen LogP contribution is 2.41. The highest BCUT2D eigenvalue weighted by molar-refractivity contribution is 5.99. The number of aromatic amines is 1. The number of hydrogen-bond donors (Lipinski definition) is 4. The van der Waals surface area contributed by atoms with Gasteiger partial charge in [-0.1, -0.05) is 0 Å². The van der Waals surface area contributed by atoms with Crippen molar-refractivity contribution in [2.24, 2.45) is 0 Å². The number of fused-ring (bicyclic) bond motifs is 3. The number of hydrogen-bond acceptors (Lipinski definition) is 5. The molecular weight excluding hydrogens is 250 g/mol. The van der Waals surface area contributed by atoms with E-state index in [2.05, 4.69) is 4.98 Å². The minimum Gasteiger partial charge on any atom is -0.493 e. The molecule has 0 unspecified atom stereocenters. The van der Waals surface area contributed by atoms with E-state index in [9.17, 15) is 15.2 Å². The summed E-state index contributed by atoms with van der Waals surface area (Å²) in [7, 11) is 0. The zero-order valence-corrected chi connectivity index (χ0v) is 10.1. The van der Waals surface area contributed by atoms with Crippen LogP contribution in [-0.2, 0) is 12.8 Å². The van der Waals surface area contributed by atoms with E-state index in [1.165, 1.54) is 6.07 Å². The molecule has 7 nitrogen and oxygen atoms in total. The van der Waals surface area contributed by atoms with Gasteiger partial charge in [-0.15, -0.1) is 0 Å². The van der Waals surface area contributed by atoms with Crippen LogP contribution in [0.15, 0.2) is 6.07 Å². The summed E-state index contributed by atoms with van der Waals surface area (Å²) in [5.74, 6) is -0.217. The molecule has 1 heterocycles. The van der Waals surface area contributed by atoms with Crippen molar-refractivity contribution in [2.75, 3.05) is 5.48 Å². The van der Waals surface area contributed by atoms with Gasteiger partial charge in [0, 0.05) is 17.0 Å². The van der Waals surface area contributed by atoms with Gasteiger partial charge in [-0.05, 0) is 31.2 Å². The smallest absolute Gasteiger partial charge is 0.273 e. The van der Waals surface area contributed by atoms with Gasteiger partial charge < -0.3 is 10.1 Å². The summed E-state index contributed by atoms with van der Waals surface area (Å²) in [4.78, 5) is 13.5. The average molecular weight is 263 g/mol. The first-order valence-corrected chi connectivity index (χ1v) is 6.07. The van der Waals surface area contributed by atoms with Crippen LogP contribution in [0.1, 0.15) is 24.0 Å². The molecule has 1 aromatic heterocycles. The van der Waals surface area contributed by atoms with Gasteiger partial charge >= 0.3 is 0 Å². The highest BCUT2D eigenvalue weighted by atomic mass is 16.6. The molecule has 2 aromatic rings. The monoisotopic (exact) mass is 263 g/mol. The summed E-state index contributed by atoms with van der Waals surface area (Å²) in [5.41, 5.74) is 4.28. The van der Waals surface area contributed by atoms with E-state index < -0.39 is 4.92 Å². The van der Waals surface area contributed by atoms with Gasteiger partial charge in [0.25, 0.3) is 5.69 Å². The fourth-order valence-electron chi connectivity index (χ4n) is 2.85. The van der Waals surface area contributed by atoms with E-state index >= 15 is 0 Å². The number of nitrogens with one attached hydrogen (secondary N) is 2. The number of nitro groups is 1. The molecule has 1 aliphatic carbocycles. The fraction of sp³-hybridized carbons (Fsp3) is 0.333. The van der Waals surface area contributed by atoms with E-state index in [0.717, 1.165) is 30.4 Å². The standard InChI is InChI=1S/C12H13N3O4/c16-12-11(14-17)8-5-9(15(18)19)6-3-1-2-4-7(6)10(8)13-12/h5,13-14,16-17H,1-4H2. The number of nitro benzene ring substituents is 1. The zero-order chi connectivity index (χ0) is 13.6. The summed E-state index contributed by atoms with van der Waals surface area (Å²) in [5, 5.41) is 30.4. The first kappa shape index (κ1) is 11.8. The normalized spacial score (nSPS) is 14.4. The summed E-state index contributed by atoms with van der Waals surface area (Å²) < 4.78 is 0. The maximum Gasteiger partial charge on any atom is 0.273 e. The van der Waals surface area contributed by atoms with Crippen molar-refractivity contribution in [1.82, 2.24) is 4.98 Å². The second-order valence-corrected chi connectivity index (χ2v) is 4.70. The second-order valence-electron chi connectivity index (χ2n) is 4.70. The molecule has 7 heteroatoms. The maximum atomic E-state index is 11.2. The fourth-order valence-corrected chi connectivity index (χ4v) is 2.85. The topological polar surface area (TPSA) is 111 Å². The molecule has 1 aromatic carbocycles. The Morgan fingerprint density at radius 1 is 1.32 bits per heavy atom. The number of benzene rings is 1. The Bertz CT molecular complexity index is 677. The third-order valence-corrected chi connectivity index (χ3v) is 3.69. The molecular formula is C12H13N3O4. The maximum absolute atomic E-state index is 11.2. The molecule has 0 bridgehead atoms. The Balaban J connectivity index is 2.40. The summed E-state index contributed by atoms with van der Waals surface area (Å²) in [6.45, 7) is 0. The lowest BCUT2D eigenvalue weighted by atomic mass is 9.88. The van der Waals surface area contributed by atoms with Crippen LogP contribution >= 0.6 is 0 Å². The molecule has 0 saturated heterocycles. The van der Waals surface area contributed by atoms with Crippen molar-refractivity contribution in [3.8, 4) is 5.88 Å². The molecule has 0 fully saturated rings. The Morgan fingerprint density at radius 2 is 2.00 bits per heavy atom. The highest BCUT2D eigenvalue weighted by Gasteiger charge is 2.26. The van der Waals surface area contributed by atoms with Crippen LogP contribution in [0, 0.1) is 10.1 Å². The molecule has 0 atom stereocenters. The van der Waals surface area contributed by atoms with E-state index in [1.54, 1.807) is 0 Å². The number of anilines is 1. The van der Waals surface area contributed by atoms with E-state index in [4.69, 9.17) is 5.21 Å². The van der Waals surface area contributed by atoms with Crippen molar-refractivity contribution in [2.45, 2.75) is 25.7 Å². The lowest BCUT2D eigenvalue weighted by molar-refractivity contribution is -0.385. The molecule has 19 heavy (non-hydrogen) atoms. The van der Waals surface area contributed by atoms with Crippen molar-refractivity contribution >= 4 is 22.3 Å².